The van der Waals surface area contributed by atoms with Gasteiger partial charge < -0.3 is 16.0 Å². The van der Waals surface area contributed by atoms with Crippen LogP contribution in [0.2, 0.25) is 0 Å². The zero-order valence-corrected chi connectivity index (χ0v) is 21.0. The van der Waals surface area contributed by atoms with Gasteiger partial charge in [0, 0.05) is 17.8 Å². The summed E-state index contributed by atoms with van der Waals surface area (Å²) in [6.45, 7) is 5.85. The molecule has 1 aromatic carbocycles. The van der Waals surface area contributed by atoms with Crippen molar-refractivity contribution in [3.8, 4) is 0 Å². The van der Waals surface area contributed by atoms with Crippen molar-refractivity contribution in [3.63, 3.8) is 0 Å². The van der Waals surface area contributed by atoms with Crippen LogP contribution in [0.3, 0.4) is 0 Å². The minimum Gasteiger partial charge on any atom is -0.342 e. The Balaban J connectivity index is 1.58. The number of hydrogen-bond acceptors (Lipinski definition) is 3. The first-order chi connectivity index (χ1) is 17.5. The Kier molecular flexibility index (Phi) is 8.18. The van der Waals surface area contributed by atoms with Gasteiger partial charge in [-0.25, -0.2) is 4.79 Å². The highest BCUT2D eigenvalue weighted by molar-refractivity contribution is 6.07. The molecule has 1 saturated heterocycles. The van der Waals surface area contributed by atoms with E-state index in [0.717, 1.165) is 5.56 Å². The Morgan fingerprint density at radius 3 is 2.32 bits per heavy atom. The number of nitrogens with one attached hydrogen (secondary N) is 4. The van der Waals surface area contributed by atoms with Crippen molar-refractivity contribution >= 4 is 17.9 Å². The molecular weight excluding hydrogens is 516 g/mol. The number of guanidine groups is 1. The lowest BCUT2D eigenvalue weighted by Gasteiger charge is -2.25. The van der Waals surface area contributed by atoms with Crippen LogP contribution in [-0.2, 0) is 17.9 Å². The molecule has 1 aromatic rings. The Bertz CT molecular complexity index is 1140. The van der Waals surface area contributed by atoms with Gasteiger partial charge in [0.25, 0.3) is 5.91 Å². The van der Waals surface area contributed by atoms with Gasteiger partial charge in [-0.1, -0.05) is 38.1 Å². The van der Waals surface area contributed by atoms with Crippen LogP contribution in [0.25, 0.3) is 0 Å². The molecule has 1 fully saturated rings. The van der Waals surface area contributed by atoms with Crippen molar-refractivity contribution in [2.45, 2.75) is 64.6 Å². The quantitative estimate of drug-likeness (QED) is 0.359. The van der Waals surface area contributed by atoms with E-state index in [1.807, 2.05) is 19.2 Å². The number of hydrogen-bond donors (Lipinski definition) is 4. The van der Waals surface area contributed by atoms with Gasteiger partial charge in [0.15, 0.2) is 5.96 Å². The number of nitrogens with zero attached hydrogens (tertiary/aromatic N) is 1. The van der Waals surface area contributed by atoms with Crippen molar-refractivity contribution in [3.05, 3.63) is 58.8 Å². The van der Waals surface area contributed by atoms with Crippen LogP contribution in [0.5, 0.6) is 0 Å². The zero-order chi connectivity index (χ0) is 28.5. The summed E-state index contributed by atoms with van der Waals surface area (Å²) in [6, 6.07) is 5.74. The van der Waals surface area contributed by atoms with Crippen LogP contribution < -0.4 is 16.0 Å². The fourth-order valence-electron chi connectivity index (χ4n) is 4.48. The average Bonchev–Trinajstić information content (AvgIpc) is 2.99. The number of alkyl halides is 6. The van der Waals surface area contributed by atoms with Gasteiger partial charge >= 0.3 is 18.4 Å². The predicted octanol–water partition coefficient (Wildman–Crippen LogP) is 5.11. The summed E-state index contributed by atoms with van der Waals surface area (Å²) in [5.41, 5.74) is -1.49. The Labute approximate surface area is 215 Å². The first kappa shape index (κ1) is 29.1. The molecule has 1 heterocycles. The number of allylic oxidation sites excluding steroid dienone is 3. The predicted molar refractivity (Wildman–Crippen MR) is 127 cm³/mol. The summed E-state index contributed by atoms with van der Waals surface area (Å²) in [4.78, 5) is 26.4. The van der Waals surface area contributed by atoms with Crippen LogP contribution in [0.1, 0.15) is 44.7 Å². The fraction of sp³-hybridized carbons (Fsp3) is 0.480. The van der Waals surface area contributed by atoms with E-state index in [-0.39, 0.29) is 30.9 Å². The molecule has 2 unspecified atom stereocenters. The van der Waals surface area contributed by atoms with Gasteiger partial charge in [0.2, 0.25) is 0 Å². The highest BCUT2D eigenvalue weighted by Gasteiger charge is 2.46. The Morgan fingerprint density at radius 2 is 1.76 bits per heavy atom. The van der Waals surface area contributed by atoms with E-state index in [1.54, 1.807) is 31.2 Å². The molecule has 4 N–H and O–H groups in total. The van der Waals surface area contributed by atoms with Gasteiger partial charge in [-0.05, 0) is 49.0 Å². The first-order valence-electron chi connectivity index (χ1n) is 11.9. The van der Waals surface area contributed by atoms with E-state index in [4.69, 9.17) is 5.41 Å². The molecule has 3 rings (SSSR count). The van der Waals surface area contributed by atoms with Gasteiger partial charge in [0.05, 0.1) is 12.5 Å². The second kappa shape index (κ2) is 10.7. The number of rotatable bonds is 7. The minimum atomic E-state index is -4.95. The third-order valence-corrected chi connectivity index (χ3v) is 6.21. The summed E-state index contributed by atoms with van der Waals surface area (Å²) in [5, 5.41) is 15.5. The van der Waals surface area contributed by atoms with Crippen molar-refractivity contribution in [2.24, 2.45) is 11.8 Å². The topological polar surface area (TPSA) is 97.3 Å². The molecule has 13 heteroatoms. The van der Waals surface area contributed by atoms with Gasteiger partial charge in [-0.2, -0.15) is 26.3 Å². The Morgan fingerprint density at radius 1 is 1.16 bits per heavy atom. The molecule has 0 saturated carbocycles. The van der Waals surface area contributed by atoms with Crippen LogP contribution >= 0.6 is 0 Å². The molecular formula is C25H29F6N5O2. The van der Waals surface area contributed by atoms with Gasteiger partial charge in [0.1, 0.15) is 5.54 Å². The molecule has 38 heavy (non-hydrogen) atoms. The summed E-state index contributed by atoms with van der Waals surface area (Å²) in [6.07, 6.45) is -9.47. The number of benzene rings is 1. The lowest BCUT2D eigenvalue weighted by atomic mass is 9.91. The first-order valence-corrected chi connectivity index (χ1v) is 11.9. The molecule has 2 aliphatic rings. The molecule has 1 aliphatic heterocycles. The smallest absolute Gasteiger partial charge is 0.342 e. The van der Waals surface area contributed by atoms with Crippen LogP contribution in [0.4, 0.5) is 31.1 Å². The van der Waals surface area contributed by atoms with Crippen molar-refractivity contribution in [1.82, 2.24) is 20.9 Å². The lowest BCUT2D eigenvalue weighted by molar-refractivity contribution is -0.166. The molecule has 208 valence electrons. The second-order valence-electron chi connectivity index (χ2n) is 10.1. The highest BCUT2D eigenvalue weighted by Crippen LogP contribution is 2.41. The summed E-state index contributed by atoms with van der Waals surface area (Å²) in [5.74, 6) is -2.31. The fourth-order valence-corrected chi connectivity index (χ4v) is 4.48. The number of halogens is 6. The summed E-state index contributed by atoms with van der Waals surface area (Å²) < 4.78 is 78.3. The third-order valence-electron chi connectivity index (χ3n) is 6.21. The minimum absolute atomic E-state index is 0.00748. The van der Waals surface area contributed by atoms with Crippen molar-refractivity contribution in [2.75, 3.05) is 0 Å². The molecule has 1 aliphatic carbocycles. The number of carbonyl (C=O) groups excluding carboxylic acids is 2. The highest BCUT2D eigenvalue weighted by atomic mass is 19.4. The van der Waals surface area contributed by atoms with E-state index in [1.165, 1.54) is 4.90 Å². The zero-order valence-electron chi connectivity index (χ0n) is 21.0. The third kappa shape index (κ3) is 7.07. The SMILES string of the molecule is CC(C)CC1(C)NC(=N)N(Cc2ccc(CNC(=O)NC3=CC(C(F)(F)F)CC(C(F)(F)F)=C3)cc2)C1=O. The van der Waals surface area contributed by atoms with Crippen molar-refractivity contribution < 1.29 is 35.9 Å². The molecule has 3 amide bonds. The lowest BCUT2D eigenvalue weighted by Crippen LogP contribution is -2.44. The molecule has 7 nitrogen and oxygen atoms in total. The molecule has 0 aromatic heterocycles. The largest absolute Gasteiger partial charge is 0.412 e. The monoisotopic (exact) mass is 545 g/mol. The average molecular weight is 546 g/mol. The van der Waals surface area contributed by atoms with Gasteiger partial charge in [-0.3, -0.25) is 15.1 Å². The van der Waals surface area contributed by atoms with Crippen LogP contribution in [-0.4, -0.2) is 40.7 Å². The standard InChI is InChI=1S/C25H29F6N5O2/c1-14(2)11-23(3)20(37)36(21(32)35-23)13-16-6-4-15(5-7-16)12-33-22(38)34-19-9-17(24(26,27)28)8-18(10-19)25(29,30)31/h4-7,9-10,14,17H,8,11-13H2,1-3H3,(H2,32,35)(H2,33,34,38). The molecule has 0 bridgehead atoms. The number of amides is 3. The normalized spacial score (nSPS) is 22.3. The number of urea groups is 1. The molecule has 2 atom stereocenters. The second-order valence-corrected chi connectivity index (χ2v) is 10.1. The van der Waals surface area contributed by atoms with E-state index in [9.17, 15) is 35.9 Å². The van der Waals surface area contributed by atoms with E-state index >= 15 is 0 Å². The van der Waals surface area contributed by atoms with E-state index in [0.29, 0.717) is 24.1 Å². The summed E-state index contributed by atoms with van der Waals surface area (Å²) >= 11 is 0. The molecule has 0 spiro atoms. The molecule has 0 radical (unpaired) electrons. The Hall–Kier alpha value is -3.51. The van der Waals surface area contributed by atoms with E-state index < -0.39 is 47.5 Å². The summed E-state index contributed by atoms with van der Waals surface area (Å²) in [7, 11) is 0. The van der Waals surface area contributed by atoms with Gasteiger partial charge in [-0.15, -0.1) is 0 Å². The van der Waals surface area contributed by atoms with Crippen LogP contribution in [0.15, 0.2) is 47.7 Å². The maximum atomic E-state index is 13.1. The van der Waals surface area contributed by atoms with Crippen LogP contribution in [0, 0.1) is 17.2 Å². The van der Waals surface area contributed by atoms with Crippen molar-refractivity contribution in [1.29, 1.82) is 5.41 Å². The number of carbonyl (C=O) groups is 2. The van der Waals surface area contributed by atoms with E-state index in [2.05, 4.69) is 10.6 Å². The maximum absolute atomic E-state index is 13.1. The maximum Gasteiger partial charge on any atom is 0.412 e.